The van der Waals surface area contributed by atoms with Crippen molar-refractivity contribution in [2.75, 3.05) is 27.7 Å². The van der Waals surface area contributed by atoms with Gasteiger partial charge in [0.15, 0.2) is 5.96 Å². The Morgan fingerprint density at radius 2 is 2.04 bits per heavy atom. The normalized spacial score (nSPS) is 12.7. The Hall–Kier alpha value is -1.68. The predicted octanol–water partition coefficient (Wildman–Crippen LogP) is 3.02. The Morgan fingerprint density at radius 1 is 1.31 bits per heavy atom. The van der Waals surface area contributed by atoms with Crippen LogP contribution in [0.1, 0.15) is 29.0 Å². The van der Waals surface area contributed by atoms with Gasteiger partial charge in [0.05, 0.1) is 18.3 Å². The molecule has 0 bridgehead atoms. The molecular formula is C18H27FIN5O. The second-order valence-corrected chi connectivity index (χ2v) is 6.09. The van der Waals surface area contributed by atoms with E-state index in [0.29, 0.717) is 24.9 Å². The lowest BCUT2D eigenvalue weighted by Gasteiger charge is -2.26. The third-order valence-corrected chi connectivity index (χ3v) is 4.02. The van der Waals surface area contributed by atoms with Crippen LogP contribution in [0.25, 0.3) is 0 Å². The van der Waals surface area contributed by atoms with E-state index >= 15 is 0 Å². The zero-order chi connectivity index (χ0) is 18.4. The number of aryl methyl sites for hydroxylation is 2. The number of nitrogens with zero attached hydrogens (tertiary/aromatic N) is 3. The molecule has 0 radical (unpaired) electrons. The molecule has 0 fully saturated rings. The Kier molecular flexibility index (Phi) is 9.00. The zero-order valence-electron chi connectivity index (χ0n) is 15.8. The van der Waals surface area contributed by atoms with Crippen LogP contribution in [0.3, 0.4) is 0 Å². The van der Waals surface area contributed by atoms with Crippen LogP contribution in [0.15, 0.2) is 33.7 Å². The van der Waals surface area contributed by atoms with E-state index in [1.54, 1.807) is 19.2 Å². The number of likely N-dealkylation sites (N-methyl/N-ethyl adjacent to an activating group) is 1. The predicted molar refractivity (Wildman–Crippen MR) is 112 cm³/mol. The van der Waals surface area contributed by atoms with Crippen molar-refractivity contribution in [3.05, 3.63) is 53.0 Å². The van der Waals surface area contributed by atoms with E-state index in [-0.39, 0.29) is 35.8 Å². The van der Waals surface area contributed by atoms with Crippen LogP contribution in [0.5, 0.6) is 0 Å². The smallest absolute Gasteiger partial charge is 0.214 e. The Morgan fingerprint density at radius 3 is 2.58 bits per heavy atom. The summed E-state index contributed by atoms with van der Waals surface area (Å²) in [4.78, 5) is 10.6. The maximum atomic E-state index is 13.5. The summed E-state index contributed by atoms with van der Waals surface area (Å²) in [5.41, 5.74) is 1.80. The molecule has 0 saturated carbocycles. The first-order chi connectivity index (χ1) is 11.9. The van der Waals surface area contributed by atoms with Gasteiger partial charge in [0, 0.05) is 13.6 Å². The number of hydrogen-bond acceptors (Lipinski definition) is 4. The van der Waals surface area contributed by atoms with E-state index in [2.05, 4.69) is 20.6 Å². The molecule has 2 aromatic rings. The van der Waals surface area contributed by atoms with Gasteiger partial charge in [-0.25, -0.2) is 9.37 Å². The van der Waals surface area contributed by atoms with Crippen LogP contribution in [-0.2, 0) is 6.54 Å². The zero-order valence-corrected chi connectivity index (χ0v) is 18.2. The topological polar surface area (TPSA) is 65.7 Å². The minimum atomic E-state index is -0.235. The molecule has 1 atom stereocenters. The molecular weight excluding hydrogens is 448 g/mol. The second kappa shape index (κ2) is 10.5. The van der Waals surface area contributed by atoms with Crippen molar-refractivity contribution >= 4 is 29.9 Å². The number of aliphatic imine (C=N–C) groups is 1. The molecule has 6 nitrogen and oxygen atoms in total. The number of rotatable bonds is 6. The average molecular weight is 475 g/mol. The number of halogens is 2. The highest BCUT2D eigenvalue weighted by Crippen LogP contribution is 2.18. The number of aromatic nitrogens is 1. The third kappa shape index (κ3) is 6.24. The molecule has 0 spiro atoms. The van der Waals surface area contributed by atoms with Crippen molar-refractivity contribution in [1.82, 2.24) is 20.5 Å². The van der Waals surface area contributed by atoms with Crippen LogP contribution in [0, 0.1) is 19.7 Å². The minimum Gasteiger partial charge on any atom is -0.444 e. The van der Waals surface area contributed by atoms with Gasteiger partial charge in [0.25, 0.3) is 0 Å². The SMILES string of the molecule is CN=C(NCc1nc(C)c(C)o1)NCC(c1cccc(F)c1)N(C)C.I. The Balaban J connectivity index is 0.00000338. The Bertz CT molecular complexity index is 713. The highest BCUT2D eigenvalue weighted by Gasteiger charge is 2.15. The molecule has 0 aliphatic carbocycles. The van der Waals surface area contributed by atoms with E-state index < -0.39 is 0 Å². The fourth-order valence-electron chi connectivity index (χ4n) is 2.50. The largest absolute Gasteiger partial charge is 0.444 e. The van der Waals surface area contributed by atoms with Gasteiger partial charge in [-0.3, -0.25) is 4.99 Å². The van der Waals surface area contributed by atoms with Gasteiger partial charge in [-0.15, -0.1) is 24.0 Å². The molecule has 1 unspecified atom stereocenters. The lowest BCUT2D eigenvalue weighted by Crippen LogP contribution is -2.41. The quantitative estimate of drug-likeness (QED) is 0.382. The molecule has 1 aromatic carbocycles. The summed E-state index contributed by atoms with van der Waals surface area (Å²) in [7, 11) is 5.63. The number of nitrogens with one attached hydrogen (secondary N) is 2. The van der Waals surface area contributed by atoms with Crippen LogP contribution >= 0.6 is 24.0 Å². The molecule has 1 heterocycles. The lowest BCUT2D eigenvalue weighted by atomic mass is 10.1. The van der Waals surface area contributed by atoms with Crippen molar-refractivity contribution in [1.29, 1.82) is 0 Å². The van der Waals surface area contributed by atoms with Crippen molar-refractivity contribution in [3.63, 3.8) is 0 Å². The van der Waals surface area contributed by atoms with Gasteiger partial charge in [-0.05, 0) is 45.6 Å². The number of guanidine groups is 1. The first kappa shape index (κ1) is 22.4. The summed E-state index contributed by atoms with van der Waals surface area (Å²) < 4.78 is 19.1. The van der Waals surface area contributed by atoms with Gasteiger partial charge >= 0.3 is 0 Å². The lowest BCUT2D eigenvalue weighted by molar-refractivity contribution is 0.297. The number of benzene rings is 1. The van der Waals surface area contributed by atoms with Gasteiger partial charge in [-0.1, -0.05) is 12.1 Å². The fraction of sp³-hybridized carbons (Fsp3) is 0.444. The molecule has 1 aromatic heterocycles. The highest BCUT2D eigenvalue weighted by molar-refractivity contribution is 14.0. The minimum absolute atomic E-state index is 0. The first-order valence-corrected chi connectivity index (χ1v) is 8.20. The van der Waals surface area contributed by atoms with Gasteiger partial charge in [0.1, 0.15) is 11.6 Å². The molecule has 2 N–H and O–H groups in total. The highest BCUT2D eigenvalue weighted by atomic mass is 127. The summed E-state index contributed by atoms with van der Waals surface area (Å²) in [6.07, 6.45) is 0. The molecule has 0 aliphatic heterocycles. The summed E-state index contributed by atoms with van der Waals surface area (Å²) in [6, 6.07) is 6.66. The monoisotopic (exact) mass is 475 g/mol. The standard InChI is InChI=1S/C18H26FN5O.HI/c1-12-13(2)25-17(23-12)11-22-18(20-3)21-10-16(24(4)5)14-7-6-8-15(19)9-14;/h6-9,16H,10-11H2,1-5H3,(H2,20,21,22);1H. The molecule has 0 amide bonds. The molecule has 8 heteroatoms. The van der Waals surface area contributed by atoms with E-state index in [1.807, 2.05) is 38.9 Å². The van der Waals surface area contributed by atoms with Crippen LogP contribution in [0.4, 0.5) is 4.39 Å². The van der Waals surface area contributed by atoms with Crippen molar-refractivity contribution in [2.24, 2.45) is 4.99 Å². The van der Waals surface area contributed by atoms with E-state index in [1.165, 1.54) is 6.07 Å². The second-order valence-electron chi connectivity index (χ2n) is 6.09. The van der Waals surface area contributed by atoms with E-state index in [0.717, 1.165) is 17.0 Å². The number of hydrogen-bond donors (Lipinski definition) is 2. The molecule has 144 valence electrons. The first-order valence-electron chi connectivity index (χ1n) is 8.20. The van der Waals surface area contributed by atoms with Gasteiger partial charge < -0.3 is 20.0 Å². The van der Waals surface area contributed by atoms with E-state index in [9.17, 15) is 4.39 Å². The maximum absolute atomic E-state index is 13.5. The van der Waals surface area contributed by atoms with Gasteiger partial charge in [-0.2, -0.15) is 0 Å². The third-order valence-electron chi connectivity index (χ3n) is 4.02. The molecule has 0 saturated heterocycles. The van der Waals surface area contributed by atoms with Crippen LogP contribution < -0.4 is 10.6 Å². The van der Waals surface area contributed by atoms with E-state index in [4.69, 9.17) is 4.42 Å². The van der Waals surface area contributed by atoms with Crippen molar-refractivity contribution < 1.29 is 8.81 Å². The van der Waals surface area contributed by atoms with Crippen molar-refractivity contribution in [3.8, 4) is 0 Å². The van der Waals surface area contributed by atoms with Gasteiger partial charge in [0.2, 0.25) is 5.89 Å². The average Bonchev–Trinajstić information content (AvgIpc) is 2.88. The number of oxazole rings is 1. The summed E-state index contributed by atoms with van der Waals surface area (Å²) >= 11 is 0. The maximum Gasteiger partial charge on any atom is 0.214 e. The van der Waals surface area contributed by atoms with Crippen molar-refractivity contribution in [2.45, 2.75) is 26.4 Å². The summed E-state index contributed by atoms with van der Waals surface area (Å²) in [5, 5.41) is 6.44. The van der Waals surface area contributed by atoms with Crippen LogP contribution in [-0.4, -0.2) is 43.5 Å². The summed E-state index contributed by atoms with van der Waals surface area (Å²) in [5.74, 6) is 1.84. The summed E-state index contributed by atoms with van der Waals surface area (Å²) in [6.45, 7) is 4.83. The molecule has 2 rings (SSSR count). The molecule has 0 aliphatic rings. The molecule has 26 heavy (non-hydrogen) atoms. The Labute approximate surface area is 171 Å². The van der Waals surface area contributed by atoms with Crippen LogP contribution in [0.2, 0.25) is 0 Å². The fourth-order valence-corrected chi connectivity index (χ4v) is 2.50.